The molecule has 1 aromatic heterocycles. The molecule has 2 aromatic rings. The van der Waals surface area contributed by atoms with Gasteiger partial charge in [-0.05, 0) is 25.5 Å². The highest BCUT2D eigenvalue weighted by Crippen LogP contribution is 2.16. The SMILES string of the molecule is CCCCC(NC(=O)C(C)Nc1cnc2ccccc2c1)C(=O)OC. The quantitative estimate of drug-likeness (QED) is 0.721. The van der Waals surface area contributed by atoms with Crippen LogP contribution in [0.5, 0.6) is 0 Å². The molecule has 0 aliphatic rings. The number of aromatic nitrogens is 1. The summed E-state index contributed by atoms with van der Waals surface area (Å²) in [5, 5.41) is 6.88. The van der Waals surface area contributed by atoms with Crippen LogP contribution in [0.3, 0.4) is 0 Å². The number of nitrogens with zero attached hydrogens (tertiary/aromatic N) is 1. The van der Waals surface area contributed by atoms with E-state index in [-0.39, 0.29) is 5.91 Å². The van der Waals surface area contributed by atoms with E-state index in [1.54, 1.807) is 13.1 Å². The number of para-hydroxylation sites is 1. The first-order chi connectivity index (χ1) is 12.0. The molecule has 0 fully saturated rings. The first-order valence-corrected chi connectivity index (χ1v) is 8.54. The molecule has 0 aliphatic carbocycles. The second-order valence-corrected chi connectivity index (χ2v) is 6.01. The van der Waals surface area contributed by atoms with Crippen LogP contribution in [0.2, 0.25) is 0 Å². The zero-order valence-electron chi connectivity index (χ0n) is 14.9. The standard InChI is InChI=1S/C19H25N3O3/c1-4-5-9-17(19(24)25-3)22-18(23)13(2)21-15-11-14-8-6-7-10-16(14)20-12-15/h6-8,10-13,17,21H,4-5,9H2,1-3H3,(H,22,23). The molecule has 0 aliphatic heterocycles. The number of amides is 1. The Labute approximate surface area is 148 Å². The van der Waals surface area contributed by atoms with Gasteiger partial charge in [0.1, 0.15) is 12.1 Å². The first-order valence-electron chi connectivity index (χ1n) is 8.54. The highest BCUT2D eigenvalue weighted by molar-refractivity contribution is 5.89. The molecular formula is C19H25N3O3. The van der Waals surface area contributed by atoms with Crippen LogP contribution in [0.4, 0.5) is 5.69 Å². The van der Waals surface area contributed by atoms with Gasteiger partial charge in [-0.25, -0.2) is 4.79 Å². The maximum absolute atomic E-state index is 12.4. The summed E-state index contributed by atoms with van der Waals surface area (Å²) >= 11 is 0. The molecule has 1 aromatic carbocycles. The smallest absolute Gasteiger partial charge is 0.328 e. The summed E-state index contributed by atoms with van der Waals surface area (Å²) in [5.74, 6) is -0.666. The number of ether oxygens (including phenoxy) is 1. The van der Waals surface area contributed by atoms with Gasteiger partial charge in [0, 0.05) is 5.39 Å². The minimum atomic E-state index is -0.614. The Morgan fingerprint density at radius 1 is 1.28 bits per heavy atom. The molecule has 1 amide bonds. The predicted octanol–water partition coefficient (Wildman–Crippen LogP) is 2.88. The predicted molar refractivity (Wildman–Crippen MR) is 98.3 cm³/mol. The van der Waals surface area contributed by atoms with Crippen molar-refractivity contribution in [3.05, 3.63) is 36.5 Å². The Kier molecular flexibility index (Phi) is 6.74. The molecule has 6 heteroatoms. The third-order valence-electron chi connectivity index (χ3n) is 4.02. The number of hydrogen-bond acceptors (Lipinski definition) is 5. The lowest BCUT2D eigenvalue weighted by molar-refractivity contribution is -0.145. The van der Waals surface area contributed by atoms with Crippen LogP contribution in [0.1, 0.15) is 33.1 Å². The molecule has 0 saturated heterocycles. The van der Waals surface area contributed by atoms with Crippen LogP contribution in [-0.2, 0) is 14.3 Å². The van der Waals surface area contributed by atoms with Crippen LogP contribution in [0.15, 0.2) is 36.5 Å². The zero-order chi connectivity index (χ0) is 18.2. The molecule has 0 spiro atoms. The molecule has 2 N–H and O–H groups in total. The normalized spacial score (nSPS) is 13.1. The Balaban J connectivity index is 2.00. The van der Waals surface area contributed by atoms with Crippen molar-refractivity contribution in [2.45, 2.75) is 45.2 Å². The second-order valence-electron chi connectivity index (χ2n) is 6.01. The molecule has 0 radical (unpaired) electrons. The van der Waals surface area contributed by atoms with Crippen LogP contribution >= 0.6 is 0 Å². The molecule has 25 heavy (non-hydrogen) atoms. The van der Waals surface area contributed by atoms with Crippen molar-refractivity contribution in [3.63, 3.8) is 0 Å². The monoisotopic (exact) mass is 343 g/mol. The molecule has 0 saturated carbocycles. The maximum Gasteiger partial charge on any atom is 0.328 e. The van der Waals surface area contributed by atoms with Crippen molar-refractivity contribution >= 4 is 28.5 Å². The van der Waals surface area contributed by atoms with Crippen LogP contribution in [0.25, 0.3) is 10.9 Å². The van der Waals surface area contributed by atoms with Crippen molar-refractivity contribution < 1.29 is 14.3 Å². The summed E-state index contributed by atoms with van der Waals surface area (Å²) in [5.41, 5.74) is 1.65. The fourth-order valence-corrected chi connectivity index (χ4v) is 2.56. The number of carbonyl (C=O) groups excluding carboxylic acids is 2. The number of hydrogen-bond donors (Lipinski definition) is 2. The largest absolute Gasteiger partial charge is 0.467 e. The Morgan fingerprint density at radius 2 is 2.04 bits per heavy atom. The van der Waals surface area contributed by atoms with Crippen molar-refractivity contribution in [2.75, 3.05) is 12.4 Å². The van der Waals surface area contributed by atoms with Crippen molar-refractivity contribution in [2.24, 2.45) is 0 Å². The topological polar surface area (TPSA) is 80.3 Å². The number of benzene rings is 1. The minimum absolute atomic E-state index is 0.250. The molecule has 0 bridgehead atoms. The number of rotatable bonds is 8. The Hall–Kier alpha value is -2.63. The lowest BCUT2D eigenvalue weighted by Crippen LogP contribution is -2.47. The van der Waals surface area contributed by atoms with Gasteiger partial charge in [0.05, 0.1) is 24.5 Å². The minimum Gasteiger partial charge on any atom is -0.467 e. The lowest BCUT2D eigenvalue weighted by atomic mass is 10.1. The van der Waals surface area contributed by atoms with Gasteiger partial charge in [0.15, 0.2) is 0 Å². The number of anilines is 1. The number of methoxy groups -OCH3 is 1. The van der Waals surface area contributed by atoms with Gasteiger partial charge in [-0.3, -0.25) is 9.78 Å². The maximum atomic E-state index is 12.4. The van der Waals surface area contributed by atoms with Gasteiger partial charge in [-0.2, -0.15) is 0 Å². The first kappa shape index (κ1) is 18.7. The molecule has 2 atom stereocenters. The molecular weight excluding hydrogens is 318 g/mol. The molecule has 2 unspecified atom stereocenters. The van der Waals surface area contributed by atoms with E-state index in [0.29, 0.717) is 6.42 Å². The molecule has 6 nitrogen and oxygen atoms in total. The lowest BCUT2D eigenvalue weighted by Gasteiger charge is -2.20. The van der Waals surface area contributed by atoms with Gasteiger partial charge in [-0.1, -0.05) is 38.0 Å². The summed E-state index contributed by atoms with van der Waals surface area (Å²) in [6.45, 7) is 3.78. The number of fused-ring (bicyclic) bond motifs is 1. The third kappa shape index (κ3) is 5.17. The molecule has 1 heterocycles. The fourth-order valence-electron chi connectivity index (χ4n) is 2.56. The van der Waals surface area contributed by atoms with E-state index in [0.717, 1.165) is 29.4 Å². The van der Waals surface area contributed by atoms with Gasteiger partial charge < -0.3 is 15.4 Å². The number of pyridine rings is 1. The number of esters is 1. The highest BCUT2D eigenvalue weighted by Gasteiger charge is 2.23. The van der Waals surface area contributed by atoms with Crippen LogP contribution < -0.4 is 10.6 Å². The number of unbranched alkanes of at least 4 members (excludes halogenated alkanes) is 1. The van der Waals surface area contributed by atoms with Crippen molar-refractivity contribution in [1.82, 2.24) is 10.3 Å². The van der Waals surface area contributed by atoms with Crippen LogP contribution in [0, 0.1) is 0 Å². The third-order valence-corrected chi connectivity index (χ3v) is 4.02. The zero-order valence-corrected chi connectivity index (χ0v) is 14.9. The van der Waals surface area contributed by atoms with E-state index in [1.807, 2.05) is 37.3 Å². The van der Waals surface area contributed by atoms with E-state index < -0.39 is 18.1 Å². The van der Waals surface area contributed by atoms with Gasteiger partial charge in [0.2, 0.25) is 5.91 Å². The number of carbonyl (C=O) groups is 2. The van der Waals surface area contributed by atoms with E-state index in [1.165, 1.54) is 7.11 Å². The fraction of sp³-hybridized carbons (Fsp3) is 0.421. The van der Waals surface area contributed by atoms with E-state index >= 15 is 0 Å². The van der Waals surface area contributed by atoms with E-state index in [4.69, 9.17) is 4.74 Å². The van der Waals surface area contributed by atoms with E-state index in [9.17, 15) is 9.59 Å². The Morgan fingerprint density at radius 3 is 2.76 bits per heavy atom. The van der Waals surface area contributed by atoms with Crippen molar-refractivity contribution in [1.29, 1.82) is 0 Å². The summed E-state index contributed by atoms with van der Waals surface area (Å²) in [6.07, 6.45) is 4.05. The summed E-state index contributed by atoms with van der Waals surface area (Å²) < 4.78 is 4.77. The average Bonchev–Trinajstić information content (AvgIpc) is 2.64. The Bertz CT molecular complexity index is 733. The summed E-state index contributed by atoms with van der Waals surface area (Å²) in [4.78, 5) is 28.6. The van der Waals surface area contributed by atoms with Crippen molar-refractivity contribution in [3.8, 4) is 0 Å². The summed E-state index contributed by atoms with van der Waals surface area (Å²) in [7, 11) is 1.33. The average molecular weight is 343 g/mol. The second kappa shape index (κ2) is 9.01. The van der Waals surface area contributed by atoms with E-state index in [2.05, 4.69) is 15.6 Å². The summed E-state index contributed by atoms with van der Waals surface area (Å²) in [6, 6.07) is 8.61. The van der Waals surface area contributed by atoms with Gasteiger partial charge >= 0.3 is 5.97 Å². The van der Waals surface area contributed by atoms with Crippen LogP contribution in [-0.4, -0.2) is 36.1 Å². The number of nitrogens with one attached hydrogen (secondary N) is 2. The van der Waals surface area contributed by atoms with Gasteiger partial charge in [0.25, 0.3) is 0 Å². The molecule has 2 rings (SSSR count). The highest BCUT2D eigenvalue weighted by atomic mass is 16.5. The van der Waals surface area contributed by atoms with Gasteiger partial charge in [-0.15, -0.1) is 0 Å². The molecule has 134 valence electrons.